The predicted octanol–water partition coefficient (Wildman–Crippen LogP) is 3.93. The summed E-state index contributed by atoms with van der Waals surface area (Å²) in [5, 5.41) is 9.59. The van der Waals surface area contributed by atoms with Crippen LogP contribution >= 0.6 is 23.2 Å². The van der Waals surface area contributed by atoms with Crippen LogP contribution in [0.2, 0.25) is 10.0 Å². The SMILES string of the molecule is N#Cc1ccc(Cl)cc1-n1c(N)nc2cc(Cl)c(F)cc21. The van der Waals surface area contributed by atoms with Crippen molar-refractivity contribution in [2.45, 2.75) is 0 Å². The maximum Gasteiger partial charge on any atom is 0.205 e. The molecule has 0 aliphatic carbocycles. The first-order valence-electron chi connectivity index (χ1n) is 5.84. The van der Waals surface area contributed by atoms with Gasteiger partial charge in [-0.3, -0.25) is 4.57 Å². The third-order valence-corrected chi connectivity index (χ3v) is 3.57. The number of hydrogen-bond acceptors (Lipinski definition) is 3. The van der Waals surface area contributed by atoms with Gasteiger partial charge in [-0.25, -0.2) is 9.37 Å². The summed E-state index contributed by atoms with van der Waals surface area (Å²) in [6.07, 6.45) is 0. The zero-order valence-electron chi connectivity index (χ0n) is 10.4. The van der Waals surface area contributed by atoms with Crippen LogP contribution in [-0.2, 0) is 0 Å². The Morgan fingerprint density at radius 1 is 1.24 bits per heavy atom. The lowest BCUT2D eigenvalue weighted by Crippen LogP contribution is -2.03. The van der Waals surface area contributed by atoms with Gasteiger partial charge < -0.3 is 5.73 Å². The fraction of sp³-hybridized carbons (Fsp3) is 0. The number of nitrogen functional groups attached to an aromatic ring is 1. The lowest BCUT2D eigenvalue weighted by atomic mass is 10.2. The summed E-state index contributed by atoms with van der Waals surface area (Å²) in [7, 11) is 0. The van der Waals surface area contributed by atoms with Crippen molar-refractivity contribution in [1.82, 2.24) is 9.55 Å². The second kappa shape index (κ2) is 4.92. The highest BCUT2D eigenvalue weighted by Crippen LogP contribution is 2.30. The quantitative estimate of drug-likeness (QED) is 0.738. The molecule has 1 heterocycles. The minimum Gasteiger partial charge on any atom is -0.369 e. The number of nitrogens with two attached hydrogens (primary N) is 1. The number of benzene rings is 2. The van der Waals surface area contributed by atoms with Crippen LogP contribution < -0.4 is 5.73 Å². The average Bonchev–Trinajstić information content (AvgIpc) is 2.74. The molecule has 0 radical (unpaired) electrons. The number of rotatable bonds is 1. The molecule has 2 N–H and O–H groups in total. The highest BCUT2D eigenvalue weighted by molar-refractivity contribution is 6.31. The number of fused-ring (bicyclic) bond motifs is 1. The van der Waals surface area contributed by atoms with Crippen LogP contribution in [0.15, 0.2) is 30.3 Å². The molecule has 0 spiro atoms. The van der Waals surface area contributed by atoms with Gasteiger partial charge in [-0.1, -0.05) is 23.2 Å². The van der Waals surface area contributed by atoms with Crippen molar-refractivity contribution in [3.05, 3.63) is 51.8 Å². The molecule has 1 aromatic heterocycles. The molecule has 0 bridgehead atoms. The largest absolute Gasteiger partial charge is 0.369 e. The minimum atomic E-state index is -0.592. The van der Waals surface area contributed by atoms with Crippen LogP contribution in [0.4, 0.5) is 10.3 Å². The van der Waals surface area contributed by atoms with E-state index in [1.807, 2.05) is 6.07 Å². The zero-order chi connectivity index (χ0) is 15.1. The van der Waals surface area contributed by atoms with Gasteiger partial charge in [-0.2, -0.15) is 5.26 Å². The molecular weight excluding hydrogens is 314 g/mol. The van der Waals surface area contributed by atoms with Crippen molar-refractivity contribution in [1.29, 1.82) is 5.26 Å². The molecule has 3 rings (SSSR count). The van der Waals surface area contributed by atoms with Gasteiger partial charge in [0, 0.05) is 11.1 Å². The van der Waals surface area contributed by atoms with E-state index in [0.29, 0.717) is 27.3 Å². The zero-order valence-corrected chi connectivity index (χ0v) is 12.0. The molecular formula is C14H7Cl2FN4. The van der Waals surface area contributed by atoms with E-state index in [0.717, 1.165) is 0 Å². The Bertz CT molecular complexity index is 911. The van der Waals surface area contributed by atoms with Crippen molar-refractivity contribution in [3.63, 3.8) is 0 Å². The molecule has 0 aliphatic heterocycles. The molecule has 0 aliphatic rings. The van der Waals surface area contributed by atoms with Gasteiger partial charge in [0.2, 0.25) is 5.95 Å². The molecule has 3 aromatic rings. The topological polar surface area (TPSA) is 67.6 Å². The lowest BCUT2D eigenvalue weighted by molar-refractivity contribution is 0.629. The Kier molecular flexibility index (Phi) is 3.20. The normalized spacial score (nSPS) is 10.8. The van der Waals surface area contributed by atoms with Crippen molar-refractivity contribution in [2.24, 2.45) is 0 Å². The van der Waals surface area contributed by atoms with Crippen LogP contribution in [0.1, 0.15) is 5.56 Å². The van der Waals surface area contributed by atoms with Gasteiger partial charge in [-0.05, 0) is 24.3 Å². The monoisotopic (exact) mass is 320 g/mol. The fourth-order valence-electron chi connectivity index (χ4n) is 2.13. The maximum atomic E-state index is 13.7. The first-order chi connectivity index (χ1) is 10.0. The van der Waals surface area contributed by atoms with E-state index in [1.165, 1.54) is 16.7 Å². The maximum absolute atomic E-state index is 13.7. The van der Waals surface area contributed by atoms with Gasteiger partial charge in [0.25, 0.3) is 0 Å². The van der Waals surface area contributed by atoms with Crippen molar-refractivity contribution in [2.75, 3.05) is 5.73 Å². The van der Waals surface area contributed by atoms with E-state index in [9.17, 15) is 9.65 Å². The number of anilines is 1. The molecule has 0 fully saturated rings. The Morgan fingerprint density at radius 2 is 2.00 bits per heavy atom. The molecule has 104 valence electrons. The molecule has 21 heavy (non-hydrogen) atoms. The summed E-state index contributed by atoms with van der Waals surface area (Å²) in [5.41, 5.74) is 7.52. The van der Waals surface area contributed by atoms with Gasteiger partial charge in [0.05, 0.1) is 27.3 Å². The molecule has 0 unspecified atom stereocenters. The summed E-state index contributed by atoms with van der Waals surface area (Å²) < 4.78 is 15.2. The van der Waals surface area contributed by atoms with Crippen LogP contribution in [0.5, 0.6) is 0 Å². The molecule has 0 atom stereocenters. The van der Waals surface area contributed by atoms with Crippen molar-refractivity contribution < 1.29 is 4.39 Å². The van der Waals surface area contributed by atoms with E-state index in [1.54, 1.807) is 18.2 Å². The van der Waals surface area contributed by atoms with Crippen molar-refractivity contribution in [3.8, 4) is 11.8 Å². The van der Waals surface area contributed by atoms with Crippen LogP contribution in [0.25, 0.3) is 16.7 Å². The Hall–Kier alpha value is -2.29. The van der Waals surface area contributed by atoms with E-state index in [-0.39, 0.29) is 11.0 Å². The summed E-state index contributed by atoms with van der Waals surface area (Å²) in [6.45, 7) is 0. The van der Waals surface area contributed by atoms with E-state index < -0.39 is 5.82 Å². The standard InChI is InChI=1S/C14H7Cl2FN4/c15-8-2-1-7(6-18)12(3-8)21-13-5-10(17)9(16)4-11(13)20-14(21)19/h1-5H,(H2,19,20). The molecule has 0 saturated carbocycles. The Balaban J connectivity index is 2.41. The predicted molar refractivity (Wildman–Crippen MR) is 80.2 cm³/mol. The van der Waals surface area contributed by atoms with Crippen molar-refractivity contribution >= 4 is 40.2 Å². The number of aromatic nitrogens is 2. The number of hydrogen-bond donors (Lipinski definition) is 1. The van der Waals surface area contributed by atoms with Gasteiger partial charge in [-0.15, -0.1) is 0 Å². The van der Waals surface area contributed by atoms with Gasteiger partial charge >= 0.3 is 0 Å². The van der Waals surface area contributed by atoms with Gasteiger partial charge in [0.1, 0.15) is 11.9 Å². The summed E-state index contributed by atoms with van der Waals surface area (Å²) >= 11 is 11.7. The molecule has 2 aromatic carbocycles. The number of nitriles is 1. The molecule has 4 nitrogen and oxygen atoms in total. The minimum absolute atomic E-state index is 0.0428. The van der Waals surface area contributed by atoms with E-state index in [2.05, 4.69) is 4.98 Å². The van der Waals surface area contributed by atoms with E-state index in [4.69, 9.17) is 28.9 Å². The first kappa shape index (κ1) is 13.7. The van der Waals surface area contributed by atoms with Crippen LogP contribution in [-0.4, -0.2) is 9.55 Å². The lowest BCUT2D eigenvalue weighted by Gasteiger charge is -2.09. The second-order valence-electron chi connectivity index (χ2n) is 4.33. The Labute approximate surface area is 129 Å². The third kappa shape index (κ3) is 2.19. The summed E-state index contributed by atoms with van der Waals surface area (Å²) in [6, 6.07) is 9.39. The van der Waals surface area contributed by atoms with E-state index >= 15 is 0 Å². The summed E-state index contributed by atoms with van der Waals surface area (Å²) in [4.78, 5) is 4.13. The first-order valence-corrected chi connectivity index (χ1v) is 6.60. The van der Waals surface area contributed by atoms with Gasteiger partial charge in [0.15, 0.2) is 0 Å². The second-order valence-corrected chi connectivity index (χ2v) is 5.18. The van der Waals surface area contributed by atoms with Crippen LogP contribution in [0, 0.1) is 17.1 Å². The molecule has 0 amide bonds. The highest BCUT2D eigenvalue weighted by atomic mass is 35.5. The third-order valence-electron chi connectivity index (χ3n) is 3.04. The molecule has 0 saturated heterocycles. The number of nitrogens with zero attached hydrogens (tertiary/aromatic N) is 3. The highest BCUT2D eigenvalue weighted by Gasteiger charge is 2.16. The van der Waals surface area contributed by atoms with Crippen LogP contribution in [0.3, 0.4) is 0 Å². The smallest absolute Gasteiger partial charge is 0.205 e. The summed E-state index contributed by atoms with van der Waals surface area (Å²) in [5.74, 6) is -0.476. The Morgan fingerprint density at radius 3 is 2.71 bits per heavy atom. The number of imidazole rings is 1. The average molecular weight is 321 g/mol. The number of halogens is 3. The fourth-order valence-corrected chi connectivity index (χ4v) is 2.45. The molecule has 7 heteroatoms.